The number of hydrogen-bond donors (Lipinski definition) is 1. The van der Waals surface area contributed by atoms with Crippen LogP contribution in [0.5, 0.6) is 0 Å². The Morgan fingerprint density at radius 2 is 1.81 bits per heavy atom. The fraction of sp³-hybridized carbons (Fsp3) is 0.154. The number of pyridine rings is 1. The molecule has 16 heavy (non-hydrogen) atoms. The second-order valence-corrected chi connectivity index (χ2v) is 3.99. The van der Waals surface area contributed by atoms with Crippen LogP contribution in [0.15, 0.2) is 48.7 Å². The summed E-state index contributed by atoms with van der Waals surface area (Å²) in [5.41, 5.74) is 2.27. The Kier molecular flexibility index (Phi) is 3.91. The Hall–Kier alpha value is -1.38. The van der Waals surface area contributed by atoms with E-state index in [0.717, 1.165) is 18.8 Å². The zero-order valence-electron chi connectivity index (χ0n) is 8.86. The number of nitrogens with one attached hydrogen (secondary N) is 1. The van der Waals surface area contributed by atoms with Gasteiger partial charge in [0.05, 0.1) is 10.7 Å². The number of benzene rings is 1. The van der Waals surface area contributed by atoms with Crippen LogP contribution in [-0.4, -0.2) is 4.98 Å². The lowest BCUT2D eigenvalue weighted by Crippen LogP contribution is -2.13. The molecule has 0 unspecified atom stereocenters. The van der Waals surface area contributed by atoms with Gasteiger partial charge in [-0.3, -0.25) is 4.98 Å². The van der Waals surface area contributed by atoms with Crippen molar-refractivity contribution in [1.82, 2.24) is 10.3 Å². The summed E-state index contributed by atoms with van der Waals surface area (Å²) in [5.74, 6) is 0. The molecule has 0 spiro atoms. The van der Waals surface area contributed by atoms with Gasteiger partial charge in [0.2, 0.25) is 0 Å². The van der Waals surface area contributed by atoms with Crippen molar-refractivity contribution in [3.05, 3.63) is 64.9 Å². The van der Waals surface area contributed by atoms with Crippen molar-refractivity contribution in [3.8, 4) is 0 Å². The minimum absolute atomic E-state index is 0.673. The lowest BCUT2D eigenvalue weighted by molar-refractivity contribution is 0.680. The fourth-order valence-electron chi connectivity index (χ4n) is 1.44. The van der Waals surface area contributed by atoms with Gasteiger partial charge in [-0.2, -0.15) is 0 Å². The van der Waals surface area contributed by atoms with E-state index in [9.17, 15) is 0 Å². The third kappa shape index (κ3) is 3.33. The van der Waals surface area contributed by atoms with Gasteiger partial charge in [0.25, 0.3) is 0 Å². The zero-order chi connectivity index (χ0) is 11.2. The van der Waals surface area contributed by atoms with E-state index in [4.69, 9.17) is 11.6 Å². The first-order valence-corrected chi connectivity index (χ1v) is 5.57. The van der Waals surface area contributed by atoms with Gasteiger partial charge >= 0.3 is 0 Å². The van der Waals surface area contributed by atoms with Crippen LogP contribution in [0.1, 0.15) is 11.3 Å². The van der Waals surface area contributed by atoms with Gasteiger partial charge in [0, 0.05) is 19.3 Å². The predicted octanol–water partition coefficient (Wildman–Crippen LogP) is 3.02. The summed E-state index contributed by atoms with van der Waals surface area (Å²) in [6.07, 6.45) is 1.67. The number of aromatic nitrogens is 1. The largest absolute Gasteiger partial charge is 0.307 e. The SMILES string of the molecule is Clc1ccc(CNCc2ccccc2)nc1. The van der Waals surface area contributed by atoms with Crippen LogP contribution in [0.25, 0.3) is 0 Å². The highest BCUT2D eigenvalue weighted by molar-refractivity contribution is 6.30. The van der Waals surface area contributed by atoms with Crippen molar-refractivity contribution in [2.75, 3.05) is 0 Å². The van der Waals surface area contributed by atoms with E-state index in [2.05, 4.69) is 22.4 Å². The highest BCUT2D eigenvalue weighted by atomic mass is 35.5. The molecule has 2 aromatic rings. The van der Waals surface area contributed by atoms with Crippen LogP contribution in [0.2, 0.25) is 5.02 Å². The fourth-order valence-corrected chi connectivity index (χ4v) is 1.55. The molecule has 0 radical (unpaired) electrons. The maximum absolute atomic E-state index is 5.76. The maximum atomic E-state index is 5.76. The standard InChI is InChI=1S/C13H13ClN2/c14-12-6-7-13(16-9-12)10-15-8-11-4-2-1-3-5-11/h1-7,9,15H,8,10H2. The lowest BCUT2D eigenvalue weighted by Gasteiger charge is -2.04. The Labute approximate surface area is 100 Å². The molecule has 0 saturated carbocycles. The van der Waals surface area contributed by atoms with Crippen molar-refractivity contribution in [2.45, 2.75) is 13.1 Å². The third-order valence-corrected chi connectivity index (χ3v) is 2.49. The predicted molar refractivity (Wildman–Crippen MR) is 66.2 cm³/mol. The summed E-state index contributed by atoms with van der Waals surface area (Å²) in [7, 11) is 0. The van der Waals surface area contributed by atoms with E-state index >= 15 is 0 Å². The molecule has 0 saturated heterocycles. The summed E-state index contributed by atoms with van der Waals surface area (Å²) in [4.78, 5) is 4.22. The molecule has 2 nitrogen and oxygen atoms in total. The summed E-state index contributed by atoms with van der Waals surface area (Å²) in [5, 5.41) is 4.00. The van der Waals surface area contributed by atoms with Crippen molar-refractivity contribution < 1.29 is 0 Å². The molecule has 0 aliphatic heterocycles. The minimum Gasteiger partial charge on any atom is -0.307 e. The number of hydrogen-bond acceptors (Lipinski definition) is 2. The van der Waals surface area contributed by atoms with Crippen LogP contribution in [0, 0.1) is 0 Å². The van der Waals surface area contributed by atoms with Crippen LogP contribution in [-0.2, 0) is 13.1 Å². The van der Waals surface area contributed by atoms with Gasteiger partial charge in [-0.25, -0.2) is 0 Å². The Morgan fingerprint density at radius 3 is 2.50 bits per heavy atom. The summed E-state index contributed by atoms with van der Waals surface area (Å²) >= 11 is 5.76. The molecule has 1 aromatic heterocycles. The second kappa shape index (κ2) is 5.64. The minimum atomic E-state index is 0.673. The Bertz CT molecular complexity index is 425. The molecule has 3 heteroatoms. The van der Waals surface area contributed by atoms with E-state index in [1.165, 1.54) is 5.56 Å². The molecule has 0 fully saturated rings. The smallest absolute Gasteiger partial charge is 0.0589 e. The highest BCUT2D eigenvalue weighted by Gasteiger charge is 1.95. The van der Waals surface area contributed by atoms with Gasteiger partial charge in [-0.15, -0.1) is 0 Å². The maximum Gasteiger partial charge on any atom is 0.0589 e. The Balaban J connectivity index is 1.82. The first kappa shape index (κ1) is 11.1. The molecule has 82 valence electrons. The van der Waals surface area contributed by atoms with Gasteiger partial charge in [0.15, 0.2) is 0 Å². The molecular formula is C13H13ClN2. The van der Waals surface area contributed by atoms with Crippen LogP contribution >= 0.6 is 11.6 Å². The van der Waals surface area contributed by atoms with Gasteiger partial charge < -0.3 is 5.32 Å². The number of halogens is 1. The molecule has 1 aromatic carbocycles. The summed E-state index contributed by atoms with van der Waals surface area (Å²) < 4.78 is 0. The van der Waals surface area contributed by atoms with Crippen molar-refractivity contribution in [1.29, 1.82) is 0 Å². The molecule has 1 N–H and O–H groups in total. The van der Waals surface area contributed by atoms with E-state index in [1.54, 1.807) is 6.20 Å². The molecule has 0 atom stereocenters. The van der Waals surface area contributed by atoms with E-state index < -0.39 is 0 Å². The summed E-state index contributed by atoms with van der Waals surface area (Å²) in [6, 6.07) is 14.1. The van der Waals surface area contributed by atoms with E-state index in [0.29, 0.717) is 5.02 Å². The molecule has 0 aliphatic rings. The zero-order valence-corrected chi connectivity index (χ0v) is 9.61. The topological polar surface area (TPSA) is 24.9 Å². The second-order valence-electron chi connectivity index (χ2n) is 3.56. The van der Waals surface area contributed by atoms with Crippen molar-refractivity contribution >= 4 is 11.6 Å². The van der Waals surface area contributed by atoms with Gasteiger partial charge in [-0.1, -0.05) is 41.9 Å². The van der Waals surface area contributed by atoms with Crippen LogP contribution < -0.4 is 5.32 Å². The molecule has 2 rings (SSSR count). The average molecular weight is 233 g/mol. The number of nitrogens with zero attached hydrogens (tertiary/aromatic N) is 1. The molecular weight excluding hydrogens is 220 g/mol. The normalized spacial score (nSPS) is 10.3. The first-order valence-electron chi connectivity index (χ1n) is 5.20. The first-order chi connectivity index (χ1) is 7.84. The third-order valence-electron chi connectivity index (χ3n) is 2.27. The summed E-state index contributed by atoms with van der Waals surface area (Å²) in [6.45, 7) is 1.61. The molecule has 0 aliphatic carbocycles. The van der Waals surface area contributed by atoms with Gasteiger partial charge in [-0.05, 0) is 17.7 Å². The van der Waals surface area contributed by atoms with E-state index in [-0.39, 0.29) is 0 Å². The Morgan fingerprint density at radius 1 is 1.00 bits per heavy atom. The molecule has 1 heterocycles. The molecule has 0 bridgehead atoms. The van der Waals surface area contributed by atoms with Crippen LogP contribution in [0.3, 0.4) is 0 Å². The van der Waals surface area contributed by atoms with E-state index in [1.807, 2.05) is 30.3 Å². The van der Waals surface area contributed by atoms with Crippen LogP contribution in [0.4, 0.5) is 0 Å². The number of rotatable bonds is 4. The average Bonchev–Trinajstić information content (AvgIpc) is 2.33. The monoisotopic (exact) mass is 232 g/mol. The van der Waals surface area contributed by atoms with Crippen molar-refractivity contribution in [2.24, 2.45) is 0 Å². The van der Waals surface area contributed by atoms with Crippen molar-refractivity contribution in [3.63, 3.8) is 0 Å². The quantitative estimate of drug-likeness (QED) is 0.877. The van der Waals surface area contributed by atoms with Gasteiger partial charge in [0.1, 0.15) is 0 Å². The highest BCUT2D eigenvalue weighted by Crippen LogP contribution is 2.06. The molecule has 0 amide bonds. The lowest BCUT2D eigenvalue weighted by atomic mass is 10.2.